The second-order valence-corrected chi connectivity index (χ2v) is 43.7. The molecule has 3 saturated heterocycles. The number of aromatic nitrogens is 1. The Kier molecular flexibility index (Phi) is 31.5. The van der Waals surface area contributed by atoms with Crippen molar-refractivity contribution >= 4 is 111 Å². The Bertz CT molecular complexity index is 5280. The van der Waals surface area contributed by atoms with Crippen LogP contribution in [0.3, 0.4) is 0 Å². The summed E-state index contributed by atoms with van der Waals surface area (Å²) in [5, 5.41) is -15.7. The summed E-state index contributed by atoms with van der Waals surface area (Å²) in [5.41, 5.74) is -11.3. The van der Waals surface area contributed by atoms with Crippen LogP contribution in [0, 0.1) is 32.5 Å². The van der Waals surface area contributed by atoms with Crippen molar-refractivity contribution in [2.24, 2.45) is 32.5 Å². The highest BCUT2D eigenvalue weighted by atomic mass is 32.2. The fourth-order valence-corrected chi connectivity index (χ4v) is 22.6. The van der Waals surface area contributed by atoms with Crippen LogP contribution in [-0.2, 0) is 109 Å². The number of aromatic amines is 1. The number of rotatable bonds is 25. The molecule has 1 N–H and O–H groups in total. The topological polar surface area (TPSA) is 344 Å². The van der Waals surface area contributed by atoms with Gasteiger partial charge in [0, 0.05) is 48.0 Å². The average Bonchev–Trinajstić information content (AvgIpc) is 1.53. The summed E-state index contributed by atoms with van der Waals surface area (Å²) >= 11 is 3.61. The minimum absolute atomic E-state index is 0.0638. The lowest BCUT2D eigenvalue weighted by Crippen LogP contribution is -2.50. The smallest absolute Gasteiger partial charge is 0.368 e. The number of ether oxygens (including phenoxy) is 6. The van der Waals surface area contributed by atoms with E-state index in [1.165, 1.54) is 49.0 Å². The van der Waals surface area contributed by atoms with Crippen molar-refractivity contribution in [1.82, 2.24) is 0 Å². The summed E-state index contributed by atoms with van der Waals surface area (Å²) in [5.74, 6) is -5.70. The summed E-state index contributed by atoms with van der Waals surface area (Å²) in [6.07, 6.45) is -5.79. The second kappa shape index (κ2) is 40.0. The van der Waals surface area contributed by atoms with Crippen LogP contribution >= 0.6 is 23.5 Å². The summed E-state index contributed by atoms with van der Waals surface area (Å²) in [6, 6.07) is 88.0. The number of pyridine rings is 1. The molecule has 8 aromatic carbocycles. The fourth-order valence-electron chi connectivity index (χ4n) is 15.6. The van der Waals surface area contributed by atoms with Crippen LogP contribution in [0.4, 0.5) is 39.5 Å². The van der Waals surface area contributed by atoms with Gasteiger partial charge in [0.25, 0.3) is 0 Å². The number of benzene rings is 8. The maximum absolute atomic E-state index is 13.4. The Morgan fingerprint density at radius 2 is 0.546 bits per heavy atom. The molecule has 3 saturated carbocycles. The van der Waals surface area contributed by atoms with E-state index in [0.29, 0.717) is 0 Å². The summed E-state index contributed by atoms with van der Waals surface area (Å²) in [6.45, 7) is 9.20. The predicted molar refractivity (Wildman–Crippen MR) is 458 cm³/mol. The number of carbonyl (C=O) groups excluding carboxylic acids is 6. The Balaban J connectivity index is 0.000000166. The number of hydrogen-bond acceptors (Lipinski definition) is 23. The van der Waals surface area contributed by atoms with Crippen molar-refractivity contribution in [2.45, 2.75) is 201 Å². The molecule has 6 fully saturated rings. The van der Waals surface area contributed by atoms with Crippen LogP contribution < -0.4 is 4.98 Å². The molecule has 9 aromatic rings. The lowest BCUT2D eigenvalue weighted by atomic mass is 9.66. The molecule has 0 amide bonds. The van der Waals surface area contributed by atoms with Gasteiger partial charge in [-0.3, -0.25) is 14.4 Å². The van der Waals surface area contributed by atoms with Crippen molar-refractivity contribution in [1.29, 1.82) is 0 Å². The lowest BCUT2D eigenvalue weighted by Gasteiger charge is -2.34. The molecule has 3 aliphatic carbocycles. The molecule has 6 bridgehead atoms. The number of carbonyl (C=O) groups is 6. The molecule has 1 aromatic heterocycles. The van der Waals surface area contributed by atoms with E-state index in [9.17, 15) is 107 Å². The SMILES string of the molecule is CC12CCC(C(=O)OCC(F)C(F)(F)S(=O)(=O)[O-])(OC1=O)C2(C)C.CC12CCC(C(=O)OCC(F)C(F)(F)S(=O)(=O)[O-])(OC1=O)C2(C)C.CC12CCC(C(=O)OCC(F)C(F)(F)S(=O)(=O)[O-])(OC1=O)C2(C)C.c1cc[nH+]cc1.c1ccc(Sc2ccc([S+](c3ccccc3)c3ccccc3)cc2)cc1.c1ccc(Sc2ccc([S+](c3ccccc3)c3ccccc3)cc2)cc1. The summed E-state index contributed by atoms with van der Waals surface area (Å²) in [7, 11) is -18.9. The van der Waals surface area contributed by atoms with Gasteiger partial charge >= 0.3 is 51.6 Å². The van der Waals surface area contributed by atoms with Gasteiger partial charge in [-0.05, 0) is 181 Å². The van der Waals surface area contributed by atoms with Crippen molar-refractivity contribution in [3.63, 3.8) is 0 Å². The Labute approximate surface area is 761 Å². The van der Waals surface area contributed by atoms with Gasteiger partial charge in [0.2, 0.25) is 35.3 Å². The number of fused-ring (bicyclic) bond motifs is 6. The van der Waals surface area contributed by atoms with Crippen molar-refractivity contribution in [2.75, 3.05) is 19.8 Å². The summed E-state index contributed by atoms with van der Waals surface area (Å²) < 4.78 is 240. The molecule has 4 heterocycles. The molecule has 38 heteroatoms. The van der Waals surface area contributed by atoms with Gasteiger partial charge in [-0.1, -0.05) is 180 Å². The lowest BCUT2D eigenvalue weighted by molar-refractivity contribution is -0.378. The van der Waals surface area contributed by atoms with Crippen LogP contribution in [0.2, 0.25) is 0 Å². The highest BCUT2D eigenvalue weighted by Gasteiger charge is 2.79. The quantitative estimate of drug-likeness (QED) is 0.0169. The molecule has 0 spiro atoms. The minimum Gasteiger partial charge on any atom is -0.743 e. The maximum atomic E-state index is 13.4. The van der Waals surface area contributed by atoms with E-state index in [1.807, 2.05) is 30.6 Å². The van der Waals surface area contributed by atoms with Gasteiger partial charge in [0.15, 0.2) is 72.1 Å². The zero-order chi connectivity index (χ0) is 95.8. The molecule has 6 aliphatic rings. The van der Waals surface area contributed by atoms with Crippen LogP contribution in [-0.4, -0.2) is 146 Å². The highest BCUT2D eigenvalue weighted by molar-refractivity contribution is 8.00. The molecular weight excluding hydrogens is 1850 g/mol. The Morgan fingerprint density at radius 1 is 0.346 bits per heavy atom. The molecule has 130 heavy (non-hydrogen) atoms. The number of halogens is 9. The van der Waals surface area contributed by atoms with Gasteiger partial charge in [-0.15, -0.1) is 0 Å². The number of nitrogens with one attached hydrogen (secondary N) is 1. The fraction of sp³-hybridized carbons (Fsp3) is 0.359. The first-order valence-corrected chi connectivity index (χ1v) is 48.4. The minimum atomic E-state index is -6.26. The van der Waals surface area contributed by atoms with E-state index in [1.54, 1.807) is 85.8 Å². The largest absolute Gasteiger partial charge is 0.743 e. The van der Waals surface area contributed by atoms with Gasteiger partial charge in [-0.2, -0.15) is 26.3 Å². The zero-order valence-electron chi connectivity index (χ0n) is 71.3. The zero-order valence-corrected chi connectivity index (χ0v) is 77.0. The Hall–Kier alpha value is -9.77. The van der Waals surface area contributed by atoms with E-state index in [2.05, 4.69) is 250 Å². The molecule has 22 nitrogen and oxygen atoms in total. The maximum Gasteiger partial charge on any atom is 0.368 e. The normalized spacial score (nSPS) is 23.1. The van der Waals surface area contributed by atoms with Gasteiger partial charge in [-0.25, -0.2) is 57.8 Å². The first-order chi connectivity index (χ1) is 60.7. The van der Waals surface area contributed by atoms with Gasteiger partial charge < -0.3 is 42.1 Å². The highest BCUT2D eigenvalue weighted by Crippen LogP contribution is 2.68. The number of H-pyrrole nitrogens is 1. The molecule has 9 atom stereocenters. The van der Waals surface area contributed by atoms with Gasteiger partial charge in [0.05, 0.1) is 38.0 Å². The predicted octanol–water partition coefficient (Wildman–Crippen LogP) is 17.7. The van der Waals surface area contributed by atoms with Crippen molar-refractivity contribution < 1.29 is 141 Å². The second-order valence-electron chi connectivity index (χ2n) is 33.0. The van der Waals surface area contributed by atoms with Crippen LogP contribution in [0.1, 0.15) is 101 Å². The van der Waals surface area contributed by atoms with E-state index in [0.717, 1.165) is 0 Å². The summed E-state index contributed by atoms with van der Waals surface area (Å²) in [4.78, 5) is 88.8. The third-order valence-corrected chi connectivity index (χ3v) is 34.3. The van der Waals surface area contributed by atoms with Crippen molar-refractivity contribution in [3.8, 4) is 0 Å². The molecule has 0 radical (unpaired) electrons. The van der Waals surface area contributed by atoms with E-state index in [-0.39, 0.29) is 60.3 Å². The number of alkyl halides is 9. The first kappa shape index (κ1) is 102. The molecule has 3 aliphatic heterocycles. The third-order valence-electron chi connectivity index (χ3n) is 25.0. The molecule has 9 unspecified atom stereocenters. The van der Waals surface area contributed by atoms with E-state index >= 15 is 0 Å². The number of esters is 6. The number of hydrogen-bond donors (Lipinski definition) is 0. The van der Waals surface area contributed by atoms with Crippen LogP contribution in [0.5, 0.6) is 0 Å². The van der Waals surface area contributed by atoms with Crippen molar-refractivity contribution in [3.05, 3.63) is 261 Å². The monoisotopic (exact) mass is 1940 g/mol. The van der Waals surface area contributed by atoms with Crippen LogP contribution in [0.15, 0.2) is 310 Å². The Morgan fingerprint density at radius 3 is 0.723 bits per heavy atom. The van der Waals surface area contributed by atoms with E-state index in [4.69, 9.17) is 14.2 Å². The van der Waals surface area contributed by atoms with E-state index < -0.39 is 170 Å². The standard InChI is InChI=1S/2C24H19S2.3C13H17F3O7S.C5H5N/c2*1-4-10-20(11-5-1)25-21-16-18-24(19-17-21)26(22-12-6-2-7-13-22)23-14-8-3-9-15-23;3*1-10(2)11(3)4-5-12(10,23-8(11)17)9(18)22-6-7(14)13(15,16)24(19,20)21;1-2-4-6-5-3-1/h2*1-19H;3*7H,4-6H2,1-3H3,(H,19,20,21);1-5H/q2*+1;;;;/p-2. The average molecular weight is 1940 g/mol. The molecule has 696 valence electrons. The molecular formula is C92H92F9NO21S7. The first-order valence-electron chi connectivity index (χ1n) is 40.1. The van der Waals surface area contributed by atoms with Crippen LogP contribution in [0.25, 0.3) is 0 Å². The molecule has 15 rings (SSSR count). The van der Waals surface area contributed by atoms with Gasteiger partial charge in [0.1, 0.15) is 19.8 Å². The third kappa shape index (κ3) is 20.4.